The van der Waals surface area contributed by atoms with E-state index in [2.05, 4.69) is 43.5 Å². The molecule has 55 heavy (non-hydrogen) atoms. The maximum Gasteiger partial charge on any atom is 0.305 e. The van der Waals surface area contributed by atoms with Gasteiger partial charge < -0.3 is 20.3 Å². The molecule has 0 aromatic rings. The van der Waals surface area contributed by atoms with Crippen molar-refractivity contribution >= 4 is 11.9 Å². The highest BCUT2D eigenvalue weighted by Gasteiger charge is 2.20. The van der Waals surface area contributed by atoms with E-state index in [-0.39, 0.29) is 18.5 Å². The van der Waals surface area contributed by atoms with Gasteiger partial charge in [-0.15, -0.1) is 0 Å². The number of rotatable bonds is 44. The minimum atomic E-state index is -0.680. The lowest BCUT2D eigenvalue weighted by Gasteiger charge is -2.22. The first-order valence-electron chi connectivity index (χ1n) is 24.1. The smallest absolute Gasteiger partial charge is 0.305 e. The zero-order chi connectivity index (χ0) is 40.1. The second-order valence-electron chi connectivity index (χ2n) is 16.4. The summed E-state index contributed by atoms with van der Waals surface area (Å²) in [5, 5.41) is 23.2. The summed E-state index contributed by atoms with van der Waals surface area (Å²) in [6.45, 7) is 4.84. The molecule has 0 saturated carbocycles. The van der Waals surface area contributed by atoms with E-state index in [9.17, 15) is 19.8 Å². The van der Waals surface area contributed by atoms with Gasteiger partial charge in [0.05, 0.1) is 25.4 Å². The highest BCUT2D eigenvalue weighted by Crippen LogP contribution is 2.16. The Morgan fingerprint density at radius 1 is 0.491 bits per heavy atom. The number of carbonyl (C=O) groups is 2. The number of nitrogens with one attached hydrogen (secondary N) is 1. The topological polar surface area (TPSA) is 95.9 Å². The molecule has 6 nitrogen and oxygen atoms in total. The number of esters is 1. The number of allylic oxidation sites excluding steroid dienone is 4. The quantitative estimate of drug-likeness (QED) is 0.0325. The van der Waals surface area contributed by atoms with Gasteiger partial charge in [-0.2, -0.15) is 0 Å². The Balaban J connectivity index is 3.53. The molecule has 0 aliphatic heterocycles. The molecule has 0 aromatic carbocycles. The SMILES string of the molecule is CCCC/C=C\CCCCCCCC(=O)OCCCCC/C=C\CCCCCCCC(=O)NC(CO)C(O)CCCCCCCCCCCCCCCCC. The Hall–Kier alpha value is -1.66. The molecule has 3 N–H and O–H groups in total. The van der Waals surface area contributed by atoms with Crippen molar-refractivity contribution in [1.82, 2.24) is 5.32 Å². The van der Waals surface area contributed by atoms with Crippen molar-refractivity contribution < 1.29 is 24.5 Å². The predicted octanol–water partition coefficient (Wildman–Crippen LogP) is 14.0. The van der Waals surface area contributed by atoms with Crippen LogP contribution in [0, 0.1) is 0 Å². The van der Waals surface area contributed by atoms with Crippen molar-refractivity contribution in [3.05, 3.63) is 24.3 Å². The molecule has 0 aromatic heterocycles. The molecule has 6 heteroatoms. The van der Waals surface area contributed by atoms with Crippen molar-refractivity contribution in [1.29, 1.82) is 0 Å². The van der Waals surface area contributed by atoms with Crippen LogP contribution in [0.4, 0.5) is 0 Å². The third-order valence-corrected chi connectivity index (χ3v) is 11.0. The Kier molecular flexibility index (Phi) is 43.7. The number of aliphatic hydroxyl groups is 2. The predicted molar refractivity (Wildman–Crippen MR) is 236 cm³/mol. The fourth-order valence-corrected chi connectivity index (χ4v) is 7.20. The molecule has 0 aliphatic carbocycles. The van der Waals surface area contributed by atoms with Gasteiger partial charge in [0, 0.05) is 12.8 Å². The summed E-state index contributed by atoms with van der Waals surface area (Å²) in [5.41, 5.74) is 0. The Morgan fingerprint density at radius 2 is 0.873 bits per heavy atom. The molecule has 2 atom stereocenters. The summed E-state index contributed by atoms with van der Waals surface area (Å²) < 4.78 is 5.41. The van der Waals surface area contributed by atoms with E-state index in [0.29, 0.717) is 25.9 Å². The molecule has 2 unspecified atom stereocenters. The van der Waals surface area contributed by atoms with Crippen LogP contribution >= 0.6 is 0 Å². The maximum absolute atomic E-state index is 12.4. The van der Waals surface area contributed by atoms with Gasteiger partial charge in [-0.05, 0) is 77.0 Å². The van der Waals surface area contributed by atoms with Gasteiger partial charge in [0.15, 0.2) is 0 Å². The van der Waals surface area contributed by atoms with Crippen molar-refractivity contribution in [3.63, 3.8) is 0 Å². The molecule has 0 rings (SSSR count). The number of amides is 1. The molecular weight excluding hydrogens is 683 g/mol. The van der Waals surface area contributed by atoms with Crippen LogP contribution in [-0.2, 0) is 14.3 Å². The molecule has 0 fully saturated rings. The molecule has 0 aliphatic rings. The third kappa shape index (κ3) is 41.8. The van der Waals surface area contributed by atoms with Crippen molar-refractivity contribution in [2.45, 2.75) is 264 Å². The van der Waals surface area contributed by atoms with Crippen LogP contribution < -0.4 is 5.32 Å². The third-order valence-electron chi connectivity index (χ3n) is 11.0. The van der Waals surface area contributed by atoms with Gasteiger partial charge in [-0.25, -0.2) is 0 Å². The van der Waals surface area contributed by atoms with Gasteiger partial charge >= 0.3 is 5.97 Å². The second-order valence-corrected chi connectivity index (χ2v) is 16.4. The van der Waals surface area contributed by atoms with Crippen molar-refractivity contribution in [2.75, 3.05) is 13.2 Å². The first-order valence-corrected chi connectivity index (χ1v) is 24.1. The second kappa shape index (κ2) is 45.0. The summed E-state index contributed by atoms with van der Waals surface area (Å²) in [5.74, 6) is -0.0956. The summed E-state index contributed by atoms with van der Waals surface area (Å²) in [4.78, 5) is 24.4. The minimum absolute atomic E-state index is 0.0342. The Labute approximate surface area is 341 Å². The van der Waals surface area contributed by atoms with E-state index in [1.165, 1.54) is 141 Å². The number of unbranched alkanes of at least 4 members (excludes halogenated alkanes) is 29. The largest absolute Gasteiger partial charge is 0.466 e. The van der Waals surface area contributed by atoms with Gasteiger partial charge in [0.25, 0.3) is 0 Å². The summed E-state index contributed by atoms with van der Waals surface area (Å²) in [6.07, 6.45) is 51.4. The number of hydrogen-bond acceptors (Lipinski definition) is 5. The van der Waals surface area contributed by atoms with Gasteiger partial charge in [0.1, 0.15) is 0 Å². The molecule has 0 radical (unpaired) electrons. The van der Waals surface area contributed by atoms with Crippen LogP contribution in [0.5, 0.6) is 0 Å². The first kappa shape index (κ1) is 53.3. The zero-order valence-corrected chi connectivity index (χ0v) is 36.7. The highest BCUT2D eigenvalue weighted by atomic mass is 16.5. The molecule has 0 saturated heterocycles. The Morgan fingerprint density at radius 3 is 1.35 bits per heavy atom. The van der Waals surface area contributed by atoms with Crippen LogP contribution in [-0.4, -0.2) is 47.4 Å². The molecule has 0 heterocycles. The minimum Gasteiger partial charge on any atom is -0.466 e. The van der Waals surface area contributed by atoms with Crippen LogP contribution in [0.25, 0.3) is 0 Å². The molecule has 1 amide bonds. The van der Waals surface area contributed by atoms with E-state index < -0.39 is 12.1 Å². The fourth-order valence-electron chi connectivity index (χ4n) is 7.20. The number of hydrogen-bond donors (Lipinski definition) is 3. The molecule has 324 valence electrons. The van der Waals surface area contributed by atoms with E-state index >= 15 is 0 Å². The molecule has 0 spiro atoms. The lowest BCUT2D eigenvalue weighted by atomic mass is 10.0. The zero-order valence-electron chi connectivity index (χ0n) is 36.7. The first-order chi connectivity index (χ1) is 27.0. The van der Waals surface area contributed by atoms with Crippen molar-refractivity contribution in [2.24, 2.45) is 0 Å². The monoisotopic (exact) mass is 776 g/mol. The summed E-state index contributed by atoms with van der Waals surface area (Å²) in [6, 6.07) is -0.559. The summed E-state index contributed by atoms with van der Waals surface area (Å²) in [7, 11) is 0. The lowest BCUT2D eigenvalue weighted by Crippen LogP contribution is -2.45. The van der Waals surface area contributed by atoms with E-state index in [1.807, 2.05) is 0 Å². The maximum atomic E-state index is 12.4. The molecule has 0 bridgehead atoms. The van der Waals surface area contributed by atoms with Crippen LogP contribution in [0.1, 0.15) is 251 Å². The van der Waals surface area contributed by atoms with Gasteiger partial charge in [-0.1, -0.05) is 186 Å². The Bertz CT molecular complexity index is 858. The number of ether oxygens (including phenoxy) is 1. The van der Waals surface area contributed by atoms with E-state index in [4.69, 9.17) is 4.74 Å². The summed E-state index contributed by atoms with van der Waals surface area (Å²) >= 11 is 0. The fraction of sp³-hybridized carbons (Fsp3) is 0.878. The van der Waals surface area contributed by atoms with Crippen LogP contribution in [0.15, 0.2) is 24.3 Å². The van der Waals surface area contributed by atoms with Crippen LogP contribution in [0.2, 0.25) is 0 Å². The van der Waals surface area contributed by atoms with E-state index in [1.54, 1.807) is 0 Å². The van der Waals surface area contributed by atoms with Crippen molar-refractivity contribution in [3.8, 4) is 0 Å². The van der Waals surface area contributed by atoms with Gasteiger partial charge in [-0.3, -0.25) is 9.59 Å². The van der Waals surface area contributed by atoms with Crippen LogP contribution in [0.3, 0.4) is 0 Å². The highest BCUT2D eigenvalue weighted by molar-refractivity contribution is 5.76. The van der Waals surface area contributed by atoms with Gasteiger partial charge in [0.2, 0.25) is 5.91 Å². The average Bonchev–Trinajstić information content (AvgIpc) is 3.18. The number of carbonyl (C=O) groups excluding carboxylic acids is 2. The normalized spacial score (nSPS) is 12.9. The lowest BCUT2D eigenvalue weighted by molar-refractivity contribution is -0.143. The average molecular weight is 776 g/mol. The molecular formula is C49H93NO5. The number of aliphatic hydroxyl groups excluding tert-OH is 2. The van der Waals surface area contributed by atoms with E-state index in [0.717, 1.165) is 77.0 Å². The standard InChI is InChI=1S/C49H93NO5/c1-3-5-7-9-11-13-15-16-17-18-22-25-29-33-37-41-47(52)46(45-51)50-48(53)42-38-34-30-26-23-19-20-24-28-32-36-40-44-55-49(54)43-39-35-31-27-21-14-12-10-8-6-4-2/h10,12,20,24,46-47,51-52H,3-9,11,13-19,21-23,25-45H2,1-2H3,(H,50,53)/b12-10-,24-20-.